The molecular weight excluding hydrogens is 278 g/mol. The zero-order valence-electron chi connectivity index (χ0n) is 11.3. The fourth-order valence-corrected chi connectivity index (χ4v) is 2.23. The molecule has 1 amide bonds. The highest BCUT2D eigenvalue weighted by atomic mass is 32.2. The zero-order valence-corrected chi connectivity index (χ0v) is 12.1. The summed E-state index contributed by atoms with van der Waals surface area (Å²) in [5, 5.41) is 6.52. The van der Waals surface area contributed by atoms with Gasteiger partial charge in [-0.1, -0.05) is 17.3 Å². The highest BCUT2D eigenvalue weighted by Crippen LogP contribution is 2.19. The van der Waals surface area contributed by atoms with Gasteiger partial charge >= 0.3 is 0 Å². The lowest BCUT2D eigenvalue weighted by molar-refractivity contribution is 0.0946. The number of thioether (sulfide) groups is 1. The molecule has 0 aliphatic heterocycles. The molecule has 2 aromatic rings. The van der Waals surface area contributed by atoms with Crippen LogP contribution < -0.4 is 5.32 Å². The largest absolute Gasteiger partial charge is 0.375 e. The maximum atomic E-state index is 12.1. The lowest BCUT2D eigenvalue weighted by Crippen LogP contribution is -2.24. The number of hydrogen-bond acceptors (Lipinski definition) is 6. The molecule has 0 bridgehead atoms. The maximum absolute atomic E-state index is 12.1. The van der Waals surface area contributed by atoms with Crippen LogP contribution in [-0.4, -0.2) is 29.4 Å². The van der Waals surface area contributed by atoms with Crippen molar-refractivity contribution in [3.05, 3.63) is 41.5 Å². The van der Waals surface area contributed by atoms with E-state index in [1.807, 2.05) is 24.5 Å². The van der Waals surface area contributed by atoms with Crippen LogP contribution in [0.3, 0.4) is 0 Å². The van der Waals surface area contributed by atoms with Gasteiger partial charge in [0.1, 0.15) is 6.61 Å². The summed E-state index contributed by atoms with van der Waals surface area (Å²) in [6, 6.07) is 7.43. The van der Waals surface area contributed by atoms with Crippen molar-refractivity contribution in [2.45, 2.75) is 18.0 Å². The SMILES string of the molecule is COCc1nc(CNC(=O)c2ccccc2SC)no1. The molecule has 1 heterocycles. The summed E-state index contributed by atoms with van der Waals surface area (Å²) >= 11 is 1.53. The first-order valence-electron chi connectivity index (χ1n) is 5.96. The third-order valence-electron chi connectivity index (χ3n) is 2.54. The second kappa shape index (κ2) is 7.06. The molecule has 0 saturated carbocycles. The van der Waals surface area contributed by atoms with E-state index in [0.29, 0.717) is 17.3 Å². The third-order valence-corrected chi connectivity index (χ3v) is 3.33. The van der Waals surface area contributed by atoms with Crippen LogP contribution in [-0.2, 0) is 17.9 Å². The Hall–Kier alpha value is -1.86. The number of amides is 1. The number of nitrogens with one attached hydrogen (secondary N) is 1. The molecule has 1 aromatic carbocycles. The molecule has 1 N–H and O–H groups in total. The van der Waals surface area contributed by atoms with Crippen molar-refractivity contribution >= 4 is 17.7 Å². The molecule has 0 radical (unpaired) electrons. The van der Waals surface area contributed by atoms with Gasteiger partial charge < -0.3 is 14.6 Å². The molecule has 0 spiro atoms. The van der Waals surface area contributed by atoms with E-state index in [1.165, 1.54) is 11.8 Å². The number of nitrogens with zero attached hydrogens (tertiary/aromatic N) is 2. The van der Waals surface area contributed by atoms with Gasteiger partial charge in [-0.25, -0.2) is 0 Å². The van der Waals surface area contributed by atoms with Crippen molar-refractivity contribution in [1.82, 2.24) is 15.5 Å². The summed E-state index contributed by atoms with van der Waals surface area (Å²) < 4.78 is 9.83. The molecule has 0 fully saturated rings. The van der Waals surface area contributed by atoms with Crippen molar-refractivity contribution in [2.24, 2.45) is 0 Å². The zero-order chi connectivity index (χ0) is 14.4. The van der Waals surface area contributed by atoms with E-state index in [2.05, 4.69) is 15.5 Å². The van der Waals surface area contributed by atoms with Crippen LogP contribution in [0.4, 0.5) is 0 Å². The van der Waals surface area contributed by atoms with Crippen LogP contribution in [0, 0.1) is 0 Å². The van der Waals surface area contributed by atoms with Gasteiger partial charge in [0.25, 0.3) is 11.8 Å². The van der Waals surface area contributed by atoms with Gasteiger partial charge in [-0.05, 0) is 18.4 Å². The van der Waals surface area contributed by atoms with Crippen LogP contribution in [0.1, 0.15) is 22.1 Å². The average Bonchev–Trinajstić information content (AvgIpc) is 2.93. The Morgan fingerprint density at radius 2 is 2.25 bits per heavy atom. The van der Waals surface area contributed by atoms with E-state index in [-0.39, 0.29) is 19.1 Å². The van der Waals surface area contributed by atoms with Crippen molar-refractivity contribution in [1.29, 1.82) is 0 Å². The maximum Gasteiger partial charge on any atom is 0.252 e. The van der Waals surface area contributed by atoms with Crippen molar-refractivity contribution in [3.63, 3.8) is 0 Å². The second-order valence-electron chi connectivity index (χ2n) is 3.92. The first-order valence-corrected chi connectivity index (χ1v) is 7.18. The highest BCUT2D eigenvalue weighted by molar-refractivity contribution is 7.98. The normalized spacial score (nSPS) is 10.5. The Balaban J connectivity index is 1.97. The summed E-state index contributed by atoms with van der Waals surface area (Å²) in [4.78, 5) is 17.1. The molecule has 0 aliphatic rings. The molecule has 6 nitrogen and oxygen atoms in total. The third kappa shape index (κ3) is 3.58. The Labute approximate surface area is 120 Å². The van der Waals surface area contributed by atoms with Crippen LogP contribution in [0.25, 0.3) is 0 Å². The van der Waals surface area contributed by atoms with E-state index in [4.69, 9.17) is 9.26 Å². The lowest BCUT2D eigenvalue weighted by atomic mass is 10.2. The number of ether oxygens (including phenoxy) is 1. The van der Waals surface area contributed by atoms with Crippen molar-refractivity contribution < 1.29 is 14.1 Å². The molecule has 106 valence electrons. The summed E-state index contributed by atoms with van der Waals surface area (Å²) in [7, 11) is 1.55. The molecule has 0 unspecified atom stereocenters. The second-order valence-corrected chi connectivity index (χ2v) is 4.77. The van der Waals surface area contributed by atoms with Gasteiger partial charge in [-0.15, -0.1) is 11.8 Å². The fraction of sp³-hybridized carbons (Fsp3) is 0.308. The van der Waals surface area contributed by atoms with Crippen LogP contribution in [0.15, 0.2) is 33.7 Å². The topological polar surface area (TPSA) is 77.2 Å². The molecule has 20 heavy (non-hydrogen) atoms. The number of carbonyl (C=O) groups is 1. The van der Waals surface area contributed by atoms with Gasteiger partial charge in [0.15, 0.2) is 5.82 Å². The van der Waals surface area contributed by atoms with E-state index in [9.17, 15) is 4.79 Å². The smallest absolute Gasteiger partial charge is 0.252 e. The minimum atomic E-state index is -0.159. The predicted octanol–water partition coefficient (Wildman–Crippen LogP) is 1.87. The molecular formula is C13H15N3O3S. The van der Waals surface area contributed by atoms with Gasteiger partial charge in [0.05, 0.1) is 12.1 Å². The van der Waals surface area contributed by atoms with Crippen molar-refractivity contribution in [3.8, 4) is 0 Å². The molecule has 0 saturated heterocycles. The van der Waals surface area contributed by atoms with E-state index in [1.54, 1.807) is 13.2 Å². The number of hydrogen-bond donors (Lipinski definition) is 1. The average molecular weight is 293 g/mol. The number of rotatable bonds is 6. The van der Waals surface area contributed by atoms with E-state index >= 15 is 0 Å². The standard InChI is InChI=1S/C13H15N3O3S/c1-18-8-12-15-11(16-19-12)7-14-13(17)9-5-3-4-6-10(9)20-2/h3-6H,7-8H2,1-2H3,(H,14,17). The molecule has 7 heteroatoms. The minimum absolute atomic E-state index is 0.159. The Morgan fingerprint density at radius 1 is 1.45 bits per heavy atom. The van der Waals surface area contributed by atoms with Gasteiger partial charge in [-0.2, -0.15) is 4.98 Å². The number of carbonyl (C=O) groups excluding carboxylic acids is 1. The summed E-state index contributed by atoms with van der Waals surface area (Å²) in [6.45, 7) is 0.477. The summed E-state index contributed by atoms with van der Waals surface area (Å²) in [5.74, 6) is 0.654. The Morgan fingerprint density at radius 3 is 3.00 bits per heavy atom. The van der Waals surface area contributed by atoms with Gasteiger partial charge in [-0.3, -0.25) is 4.79 Å². The quantitative estimate of drug-likeness (QED) is 0.819. The van der Waals surface area contributed by atoms with E-state index in [0.717, 1.165) is 4.90 Å². The van der Waals surface area contributed by atoms with Crippen LogP contribution >= 0.6 is 11.8 Å². The first kappa shape index (κ1) is 14.5. The molecule has 0 atom stereocenters. The molecule has 1 aromatic heterocycles. The number of benzene rings is 1. The minimum Gasteiger partial charge on any atom is -0.375 e. The Kier molecular flexibility index (Phi) is 5.14. The van der Waals surface area contributed by atoms with Crippen LogP contribution in [0.5, 0.6) is 0 Å². The molecule has 0 aliphatic carbocycles. The first-order chi connectivity index (χ1) is 9.74. The summed E-state index contributed by atoms with van der Waals surface area (Å²) in [6.07, 6.45) is 1.93. The monoisotopic (exact) mass is 293 g/mol. The molecule has 2 rings (SSSR count). The fourth-order valence-electron chi connectivity index (χ4n) is 1.63. The predicted molar refractivity (Wildman–Crippen MR) is 74.4 cm³/mol. The summed E-state index contributed by atoms with van der Waals surface area (Å²) in [5.41, 5.74) is 0.639. The highest BCUT2D eigenvalue weighted by Gasteiger charge is 2.12. The lowest BCUT2D eigenvalue weighted by Gasteiger charge is -2.06. The van der Waals surface area contributed by atoms with E-state index < -0.39 is 0 Å². The van der Waals surface area contributed by atoms with Crippen LogP contribution in [0.2, 0.25) is 0 Å². The van der Waals surface area contributed by atoms with Gasteiger partial charge in [0, 0.05) is 12.0 Å². The van der Waals surface area contributed by atoms with Crippen molar-refractivity contribution in [2.75, 3.05) is 13.4 Å². The number of aromatic nitrogens is 2. The Bertz CT molecular complexity index is 586. The van der Waals surface area contributed by atoms with Gasteiger partial charge in [0.2, 0.25) is 0 Å². The number of methoxy groups -OCH3 is 1.